The van der Waals surface area contributed by atoms with Crippen molar-refractivity contribution in [2.45, 2.75) is 32.7 Å². The molecule has 0 amide bonds. The van der Waals surface area contributed by atoms with Crippen LogP contribution in [-0.4, -0.2) is 37.6 Å². The molecule has 116 valence electrons. The smallest absolute Gasteiger partial charge is 0.126 e. The zero-order chi connectivity index (χ0) is 15.0. The van der Waals surface area contributed by atoms with Gasteiger partial charge in [-0.1, -0.05) is 0 Å². The van der Waals surface area contributed by atoms with Crippen LogP contribution in [0.1, 0.15) is 36.9 Å². The van der Waals surface area contributed by atoms with E-state index in [1.165, 1.54) is 19.4 Å². The summed E-state index contributed by atoms with van der Waals surface area (Å²) in [4.78, 5) is 4.94. The number of halogens is 1. The number of anilines is 1. The van der Waals surface area contributed by atoms with Crippen LogP contribution < -0.4 is 10.6 Å². The minimum atomic E-state index is -0.154. The summed E-state index contributed by atoms with van der Waals surface area (Å²) in [6.45, 7) is 9.24. The maximum absolute atomic E-state index is 13.8. The molecule has 1 aliphatic carbocycles. The molecule has 2 aliphatic rings. The minimum Gasteiger partial charge on any atom is -0.369 e. The fraction of sp³-hybridized carbons (Fsp3) is 0.647. The number of aryl methyl sites for hydroxylation is 1. The van der Waals surface area contributed by atoms with Crippen LogP contribution >= 0.6 is 0 Å². The van der Waals surface area contributed by atoms with Crippen molar-refractivity contribution in [3.8, 4) is 0 Å². The highest BCUT2D eigenvalue weighted by atomic mass is 19.1. The van der Waals surface area contributed by atoms with E-state index in [2.05, 4.69) is 9.80 Å². The Balaban J connectivity index is 1.73. The number of benzene rings is 1. The third kappa shape index (κ3) is 3.38. The molecular formula is C17H26FN3. The quantitative estimate of drug-likeness (QED) is 0.926. The largest absolute Gasteiger partial charge is 0.369 e. The fourth-order valence-electron chi connectivity index (χ4n) is 3.16. The molecule has 0 radical (unpaired) electrons. The molecule has 4 heteroatoms. The molecule has 3 nitrogen and oxygen atoms in total. The first-order valence-corrected chi connectivity index (χ1v) is 8.07. The van der Waals surface area contributed by atoms with Gasteiger partial charge in [0.2, 0.25) is 0 Å². The zero-order valence-electron chi connectivity index (χ0n) is 13.1. The van der Waals surface area contributed by atoms with E-state index in [9.17, 15) is 4.39 Å². The van der Waals surface area contributed by atoms with Crippen LogP contribution in [0.4, 0.5) is 10.1 Å². The van der Waals surface area contributed by atoms with Gasteiger partial charge in [-0.25, -0.2) is 4.39 Å². The van der Waals surface area contributed by atoms with Crippen LogP contribution in [0.25, 0.3) is 0 Å². The number of hydrogen-bond acceptors (Lipinski definition) is 3. The predicted octanol–water partition coefficient (Wildman–Crippen LogP) is 2.69. The second-order valence-corrected chi connectivity index (χ2v) is 6.68. The summed E-state index contributed by atoms with van der Waals surface area (Å²) in [6.07, 6.45) is 2.82. The van der Waals surface area contributed by atoms with E-state index < -0.39 is 0 Å². The second kappa shape index (κ2) is 5.93. The van der Waals surface area contributed by atoms with Gasteiger partial charge in [-0.2, -0.15) is 0 Å². The van der Waals surface area contributed by atoms with Crippen LogP contribution in [0.15, 0.2) is 12.1 Å². The van der Waals surface area contributed by atoms with E-state index in [4.69, 9.17) is 5.73 Å². The molecular weight excluding hydrogens is 265 g/mol. The number of nitrogens with two attached hydrogens (primary N) is 1. The molecule has 21 heavy (non-hydrogen) atoms. The lowest BCUT2D eigenvalue weighted by atomic mass is 10.0. The van der Waals surface area contributed by atoms with Gasteiger partial charge in [0.05, 0.1) is 0 Å². The third-order valence-electron chi connectivity index (χ3n) is 4.72. The molecule has 1 aliphatic heterocycles. The van der Waals surface area contributed by atoms with E-state index in [1.807, 2.05) is 19.9 Å². The molecule has 3 rings (SSSR count). The molecule has 1 aromatic carbocycles. The Kier molecular flexibility index (Phi) is 4.18. The van der Waals surface area contributed by atoms with Crippen LogP contribution in [0.3, 0.4) is 0 Å². The van der Waals surface area contributed by atoms with Crippen molar-refractivity contribution in [2.24, 2.45) is 11.7 Å². The van der Waals surface area contributed by atoms with Crippen molar-refractivity contribution in [1.82, 2.24) is 4.90 Å². The zero-order valence-corrected chi connectivity index (χ0v) is 13.1. The van der Waals surface area contributed by atoms with Crippen LogP contribution in [0.2, 0.25) is 0 Å². The number of rotatable bonds is 4. The van der Waals surface area contributed by atoms with Gasteiger partial charge in [-0.05, 0) is 55.9 Å². The van der Waals surface area contributed by atoms with Crippen LogP contribution in [0.5, 0.6) is 0 Å². The summed E-state index contributed by atoms with van der Waals surface area (Å²) in [6, 6.07) is 3.44. The Bertz CT molecular complexity index is 503. The molecule has 0 bridgehead atoms. The number of hydrogen-bond donors (Lipinski definition) is 1. The van der Waals surface area contributed by atoms with E-state index >= 15 is 0 Å². The highest BCUT2D eigenvalue weighted by Gasteiger charge is 2.27. The van der Waals surface area contributed by atoms with E-state index in [0.29, 0.717) is 5.56 Å². The summed E-state index contributed by atoms with van der Waals surface area (Å²) in [5, 5.41) is 0. The molecule has 0 aromatic heterocycles. The minimum absolute atomic E-state index is 0.139. The average Bonchev–Trinajstić information content (AvgIpc) is 3.26. The Morgan fingerprint density at radius 1 is 1.24 bits per heavy atom. The standard InChI is InChI=1S/C17H26FN3/c1-12-9-17(15(13(2)19)10-16(12)18)21-7-5-20(6-8-21)11-14-3-4-14/h9-10,13-14H,3-8,11,19H2,1-2H3/t13-/m1/s1. The Hall–Kier alpha value is -1.13. The number of piperazine rings is 1. The normalized spacial score (nSPS) is 21.6. The van der Waals surface area contributed by atoms with Gasteiger partial charge in [0.25, 0.3) is 0 Å². The Morgan fingerprint density at radius 3 is 2.48 bits per heavy atom. The lowest BCUT2D eigenvalue weighted by molar-refractivity contribution is 0.248. The Labute approximate surface area is 126 Å². The molecule has 1 saturated carbocycles. The summed E-state index contributed by atoms with van der Waals surface area (Å²) in [5.41, 5.74) is 8.79. The maximum atomic E-state index is 13.8. The van der Waals surface area contributed by atoms with Gasteiger partial charge in [-0.15, -0.1) is 0 Å². The maximum Gasteiger partial charge on any atom is 0.126 e. The summed E-state index contributed by atoms with van der Waals surface area (Å²) in [5.74, 6) is 0.794. The van der Waals surface area contributed by atoms with Crippen molar-refractivity contribution in [1.29, 1.82) is 0 Å². The molecule has 1 aromatic rings. The third-order valence-corrected chi connectivity index (χ3v) is 4.72. The molecule has 1 atom stereocenters. The first-order valence-electron chi connectivity index (χ1n) is 8.07. The molecule has 1 saturated heterocycles. The van der Waals surface area contributed by atoms with Crippen molar-refractivity contribution >= 4 is 5.69 Å². The average molecular weight is 291 g/mol. The molecule has 2 fully saturated rings. The summed E-state index contributed by atoms with van der Waals surface area (Å²) >= 11 is 0. The Morgan fingerprint density at radius 2 is 1.90 bits per heavy atom. The van der Waals surface area contributed by atoms with Gasteiger partial charge < -0.3 is 10.6 Å². The topological polar surface area (TPSA) is 32.5 Å². The lowest BCUT2D eigenvalue weighted by Crippen LogP contribution is -2.47. The van der Waals surface area contributed by atoms with Crippen LogP contribution in [0, 0.1) is 18.7 Å². The van der Waals surface area contributed by atoms with Crippen molar-refractivity contribution in [2.75, 3.05) is 37.6 Å². The van der Waals surface area contributed by atoms with Gasteiger partial charge >= 0.3 is 0 Å². The SMILES string of the molecule is Cc1cc(N2CCN(CC3CC3)CC2)c([C@@H](C)N)cc1F. The highest BCUT2D eigenvalue weighted by Crippen LogP contribution is 2.32. The van der Waals surface area contributed by atoms with E-state index in [-0.39, 0.29) is 11.9 Å². The molecule has 0 spiro atoms. The first kappa shape index (κ1) is 14.8. The molecule has 1 heterocycles. The van der Waals surface area contributed by atoms with Gasteiger partial charge in [0.15, 0.2) is 0 Å². The monoisotopic (exact) mass is 291 g/mol. The van der Waals surface area contributed by atoms with Gasteiger partial charge in [0, 0.05) is 44.5 Å². The fourth-order valence-corrected chi connectivity index (χ4v) is 3.16. The van der Waals surface area contributed by atoms with Gasteiger partial charge in [0.1, 0.15) is 5.82 Å². The van der Waals surface area contributed by atoms with Crippen molar-refractivity contribution in [3.05, 3.63) is 29.1 Å². The van der Waals surface area contributed by atoms with E-state index in [0.717, 1.165) is 43.3 Å². The van der Waals surface area contributed by atoms with Crippen LogP contribution in [-0.2, 0) is 0 Å². The predicted molar refractivity (Wildman–Crippen MR) is 85.1 cm³/mol. The molecule has 0 unspecified atom stereocenters. The first-order chi connectivity index (χ1) is 10.0. The van der Waals surface area contributed by atoms with E-state index in [1.54, 1.807) is 6.07 Å². The molecule has 2 N–H and O–H groups in total. The van der Waals surface area contributed by atoms with Gasteiger partial charge in [-0.3, -0.25) is 4.90 Å². The summed E-state index contributed by atoms with van der Waals surface area (Å²) in [7, 11) is 0. The lowest BCUT2D eigenvalue weighted by Gasteiger charge is -2.37. The number of nitrogens with zero attached hydrogens (tertiary/aromatic N) is 2. The summed E-state index contributed by atoms with van der Waals surface area (Å²) < 4.78 is 13.8. The van der Waals surface area contributed by atoms with Crippen molar-refractivity contribution < 1.29 is 4.39 Å². The highest BCUT2D eigenvalue weighted by molar-refractivity contribution is 5.57. The van der Waals surface area contributed by atoms with Crippen molar-refractivity contribution in [3.63, 3.8) is 0 Å². The second-order valence-electron chi connectivity index (χ2n) is 6.68.